The molecule has 1 aromatic heterocycles. The van der Waals surface area contributed by atoms with E-state index >= 15 is 0 Å². The van der Waals surface area contributed by atoms with E-state index in [0.29, 0.717) is 18.8 Å². The molecule has 0 amide bonds. The summed E-state index contributed by atoms with van der Waals surface area (Å²) in [5.74, 6) is 0.574. The van der Waals surface area contributed by atoms with Gasteiger partial charge in [-0.3, -0.25) is 0 Å². The van der Waals surface area contributed by atoms with Crippen LogP contribution in [-0.2, 0) is 13.5 Å². The Hall–Kier alpha value is -1.57. The van der Waals surface area contributed by atoms with Gasteiger partial charge < -0.3 is 14.4 Å². The number of aromatic carboxylic acids is 1. The maximum atomic E-state index is 10.9. The molecule has 0 saturated heterocycles. The van der Waals surface area contributed by atoms with Crippen LogP contribution in [-0.4, -0.2) is 27.2 Å². The number of hydrogen-bond acceptors (Lipinski definition) is 3. The highest BCUT2D eigenvalue weighted by atomic mass is 127. The Labute approximate surface area is 124 Å². The minimum Gasteiger partial charge on any atom is -0.492 e. The van der Waals surface area contributed by atoms with Crippen LogP contribution >= 0.6 is 22.6 Å². The number of hydrogen-bond donors (Lipinski definition) is 1. The number of carbonyl (C=O) groups is 1. The number of aryl methyl sites for hydroxylation is 1. The summed E-state index contributed by atoms with van der Waals surface area (Å²) in [6.07, 6.45) is 4.30. The van der Waals surface area contributed by atoms with Crippen molar-refractivity contribution in [1.82, 2.24) is 9.55 Å². The van der Waals surface area contributed by atoms with Crippen molar-refractivity contribution in [3.8, 4) is 5.75 Å². The van der Waals surface area contributed by atoms with Gasteiger partial charge in [0.2, 0.25) is 0 Å². The molecule has 0 spiro atoms. The molecule has 0 atom stereocenters. The van der Waals surface area contributed by atoms with Gasteiger partial charge in [-0.15, -0.1) is 0 Å². The van der Waals surface area contributed by atoms with Gasteiger partial charge >= 0.3 is 5.97 Å². The van der Waals surface area contributed by atoms with Crippen LogP contribution < -0.4 is 4.74 Å². The van der Waals surface area contributed by atoms with Crippen LogP contribution in [0.3, 0.4) is 0 Å². The highest BCUT2D eigenvalue weighted by Crippen LogP contribution is 2.22. The molecule has 0 bridgehead atoms. The number of aromatic nitrogens is 2. The molecule has 0 fully saturated rings. The first kappa shape index (κ1) is 13.9. The second-order valence-corrected chi connectivity index (χ2v) is 5.17. The summed E-state index contributed by atoms with van der Waals surface area (Å²) in [6, 6.07) is 4.85. The van der Waals surface area contributed by atoms with Gasteiger partial charge in [0.1, 0.15) is 11.6 Å². The lowest BCUT2D eigenvalue weighted by Crippen LogP contribution is -2.07. The summed E-state index contributed by atoms with van der Waals surface area (Å²) >= 11 is 2.12. The predicted octanol–water partition coefficient (Wildman–Crippen LogP) is 2.34. The number of imidazole rings is 1. The molecule has 1 aromatic carbocycles. The van der Waals surface area contributed by atoms with Crippen molar-refractivity contribution in [2.75, 3.05) is 6.61 Å². The maximum Gasteiger partial charge on any atom is 0.335 e. The molecule has 1 heterocycles. The van der Waals surface area contributed by atoms with Crippen molar-refractivity contribution in [1.29, 1.82) is 0 Å². The number of carboxylic acid groups (broad SMARTS) is 1. The highest BCUT2D eigenvalue weighted by molar-refractivity contribution is 14.1. The van der Waals surface area contributed by atoms with E-state index in [0.717, 1.165) is 9.39 Å². The molecule has 19 heavy (non-hydrogen) atoms. The summed E-state index contributed by atoms with van der Waals surface area (Å²) < 4.78 is 8.46. The topological polar surface area (TPSA) is 64.4 Å². The monoisotopic (exact) mass is 372 g/mol. The molecule has 100 valence electrons. The zero-order valence-corrected chi connectivity index (χ0v) is 12.5. The molecule has 0 aliphatic heterocycles. The zero-order chi connectivity index (χ0) is 13.8. The summed E-state index contributed by atoms with van der Waals surface area (Å²) in [5.41, 5.74) is 0.229. The van der Waals surface area contributed by atoms with Gasteiger partial charge in [-0.1, -0.05) is 0 Å². The van der Waals surface area contributed by atoms with E-state index in [1.165, 1.54) is 0 Å². The number of ether oxygens (including phenoxy) is 1. The molecule has 0 aliphatic carbocycles. The van der Waals surface area contributed by atoms with E-state index in [1.807, 2.05) is 17.8 Å². The minimum absolute atomic E-state index is 0.229. The fourth-order valence-electron chi connectivity index (χ4n) is 1.64. The highest BCUT2D eigenvalue weighted by Gasteiger charge is 2.08. The first-order valence-corrected chi connectivity index (χ1v) is 6.77. The van der Waals surface area contributed by atoms with Gasteiger partial charge in [0, 0.05) is 25.9 Å². The molecule has 6 heteroatoms. The van der Waals surface area contributed by atoms with Crippen LogP contribution in [0, 0.1) is 3.57 Å². The maximum absolute atomic E-state index is 10.9. The third-order valence-corrected chi connectivity index (χ3v) is 3.57. The molecule has 5 nitrogen and oxygen atoms in total. The van der Waals surface area contributed by atoms with Crippen LogP contribution in [0.15, 0.2) is 30.6 Å². The quantitative estimate of drug-likeness (QED) is 0.819. The molecular formula is C13H13IN2O3. The van der Waals surface area contributed by atoms with Gasteiger partial charge in [-0.25, -0.2) is 9.78 Å². The van der Waals surface area contributed by atoms with Crippen LogP contribution in [0.2, 0.25) is 0 Å². The standard InChI is InChI=1S/C13H13IN2O3/c1-16-6-5-15-12(16)4-7-19-11-8-9(13(17)18)2-3-10(11)14/h2-3,5-6,8H,4,7H2,1H3,(H,17,18). The Bertz CT molecular complexity index is 595. The summed E-state index contributed by atoms with van der Waals surface area (Å²) in [7, 11) is 1.93. The molecule has 2 rings (SSSR count). The van der Waals surface area contributed by atoms with Gasteiger partial charge in [0.15, 0.2) is 0 Å². The Morgan fingerprint density at radius 1 is 1.53 bits per heavy atom. The van der Waals surface area contributed by atoms with Crippen molar-refractivity contribution in [2.24, 2.45) is 7.05 Å². The summed E-state index contributed by atoms with van der Waals surface area (Å²) in [4.78, 5) is 15.1. The Morgan fingerprint density at radius 3 is 2.95 bits per heavy atom. The largest absolute Gasteiger partial charge is 0.492 e. The smallest absolute Gasteiger partial charge is 0.335 e. The van der Waals surface area contributed by atoms with Crippen LogP contribution in [0.25, 0.3) is 0 Å². The Morgan fingerprint density at radius 2 is 2.32 bits per heavy atom. The predicted molar refractivity (Wildman–Crippen MR) is 78.5 cm³/mol. The van der Waals surface area contributed by atoms with E-state index in [-0.39, 0.29) is 5.56 Å². The van der Waals surface area contributed by atoms with Crippen molar-refractivity contribution >= 4 is 28.6 Å². The minimum atomic E-state index is -0.953. The second-order valence-electron chi connectivity index (χ2n) is 4.00. The van der Waals surface area contributed by atoms with Crippen molar-refractivity contribution < 1.29 is 14.6 Å². The normalized spacial score (nSPS) is 10.4. The molecule has 0 unspecified atom stereocenters. The number of halogens is 1. The number of nitrogens with zero attached hydrogens (tertiary/aromatic N) is 2. The summed E-state index contributed by atoms with van der Waals surface area (Å²) in [6.45, 7) is 0.462. The second kappa shape index (κ2) is 6.05. The van der Waals surface area contributed by atoms with Crippen LogP contribution in [0.5, 0.6) is 5.75 Å². The SMILES string of the molecule is Cn1ccnc1CCOc1cc(C(=O)O)ccc1I. The first-order valence-electron chi connectivity index (χ1n) is 5.70. The number of rotatable bonds is 5. The average Bonchev–Trinajstić information content (AvgIpc) is 2.77. The molecule has 1 N–H and O–H groups in total. The molecule has 0 radical (unpaired) electrons. The molecule has 0 saturated carbocycles. The zero-order valence-electron chi connectivity index (χ0n) is 10.3. The van der Waals surface area contributed by atoms with Gasteiger partial charge in [-0.2, -0.15) is 0 Å². The number of carboxylic acids is 1. The molecule has 2 aromatic rings. The molecule has 0 aliphatic rings. The van der Waals surface area contributed by atoms with E-state index in [4.69, 9.17) is 9.84 Å². The van der Waals surface area contributed by atoms with Crippen molar-refractivity contribution in [3.63, 3.8) is 0 Å². The summed E-state index contributed by atoms with van der Waals surface area (Å²) in [5, 5.41) is 8.94. The fraction of sp³-hybridized carbons (Fsp3) is 0.231. The van der Waals surface area contributed by atoms with Crippen LogP contribution in [0.1, 0.15) is 16.2 Å². The molecular weight excluding hydrogens is 359 g/mol. The Kier molecular flexibility index (Phi) is 4.41. The third kappa shape index (κ3) is 3.46. The Balaban J connectivity index is 2.01. The van der Waals surface area contributed by atoms with Gasteiger partial charge in [0.05, 0.1) is 15.7 Å². The van der Waals surface area contributed by atoms with E-state index < -0.39 is 5.97 Å². The van der Waals surface area contributed by atoms with Crippen molar-refractivity contribution in [2.45, 2.75) is 6.42 Å². The van der Waals surface area contributed by atoms with Crippen molar-refractivity contribution in [3.05, 3.63) is 45.6 Å². The van der Waals surface area contributed by atoms with Gasteiger partial charge in [0.25, 0.3) is 0 Å². The van der Waals surface area contributed by atoms with E-state index in [1.54, 1.807) is 24.4 Å². The first-order chi connectivity index (χ1) is 9.08. The van der Waals surface area contributed by atoms with E-state index in [2.05, 4.69) is 27.6 Å². The number of benzene rings is 1. The average molecular weight is 372 g/mol. The lowest BCUT2D eigenvalue weighted by Gasteiger charge is -2.09. The lowest BCUT2D eigenvalue weighted by atomic mass is 10.2. The third-order valence-electron chi connectivity index (χ3n) is 2.68. The van der Waals surface area contributed by atoms with Gasteiger partial charge in [-0.05, 0) is 40.8 Å². The van der Waals surface area contributed by atoms with Crippen LogP contribution in [0.4, 0.5) is 0 Å². The lowest BCUT2D eigenvalue weighted by molar-refractivity contribution is 0.0696. The van der Waals surface area contributed by atoms with E-state index in [9.17, 15) is 4.79 Å². The fourth-order valence-corrected chi connectivity index (χ4v) is 2.13.